The molecule has 0 radical (unpaired) electrons. The minimum absolute atomic E-state index is 0.0549. The molecule has 2 rings (SSSR count). The van der Waals surface area contributed by atoms with E-state index in [0.717, 1.165) is 17.7 Å². The number of ether oxygens (including phenoxy) is 4. The highest BCUT2D eigenvalue weighted by Crippen LogP contribution is 2.36. The number of carbonyl (C=O) groups is 1. The quantitative estimate of drug-likeness (QED) is 0.531. The summed E-state index contributed by atoms with van der Waals surface area (Å²) in [6, 6.07) is 7.69. The van der Waals surface area contributed by atoms with Crippen LogP contribution in [0.5, 0.6) is 5.75 Å². The van der Waals surface area contributed by atoms with Crippen LogP contribution in [0.2, 0.25) is 0 Å². The summed E-state index contributed by atoms with van der Waals surface area (Å²) in [5.74, 6) is 0.693. The molecular weight excluding hydrogens is 332 g/mol. The first-order valence-electron chi connectivity index (χ1n) is 9.23. The zero-order valence-electron chi connectivity index (χ0n) is 16.3. The SMILES string of the molecule is C/C=C/[C@H]1OC(c2ccc(OC)cc2)O[C@H](CC(CC)OC(C)=O)[C@@H]1C. The third kappa shape index (κ3) is 5.32. The van der Waals surface area contributed by atoms with E-state index in [2.05, 4.69) is 13.0 Å². The lowest BCUT2D eigenvalue weighted by atomic mass is 9.91. The van der Waals surface area contributed by atoms with Crippen LogP contribution in [0.25, 0.3) is 0 Å². The standard InChI is InChI=1S/C21H30O5/c1-6-8-19-14(3)20(13-17(7-2)24-15(4)22)26-21(25-19)16-9-11-18(23-5)12-10-16/h6,8-12,14,17,19-21H,7,13H2,1-5H3/b8-6+/t14-,17?,19-,20-,21?/m1/s1. The molecule has 0 aliphatic carbocycles. The Morgan fingerprint density at radius 3 is 2.50 bits per heavy atom. The fourth-order valence-corrected chi connectivity index (χ4v) is 3.18. The molecular formula is C21H30O5. The maximum atomic E-state index is 11.3. The summed E-state index contributed by atoms with van der Waals surface area (Å²) >= 11 is 0. The average molecular weight is 362 g/mol. The lowest BCUT2D eigenvalue weighted by Gasteiger charge is -2.40. The lowest BCUT2D eigenvalue weighted by molar-refractivity contribution is -0.264. The van der Waals surface area contributed by atoms with Gasteiger partial charge in [-0.05, 0) is 25.5 Å². The first-order valence-corrected chi connectivity index (χ1v) is 9.23. The maximum absolute atomic E-state index is 11.3. The van der Waals surface area contributed by atoms with Crippen LogP contribution in [0.15, 0.2) is 36.4 Å². The molecule has 1 aliphatic heterocycles. The van der Waals surface area contributed by atoms with Gasteiger partial charge in [0.15, 0.2) is 6.29 Å². The highest BCUT2D eigenvalue weighted by atomic mass is 16.7. The molecule has 1 saturated heterocycles. The highest BCUT2D eigenvalue weighted by Gasteiger charge is 2.37. The van der Waals surface area contributed by atoms with Crippen LogP contribution >= 0.6 is 0 Å². The van der Waals surface area contributed by atoms with E-state index in [1.54, 1.807) is 7.11 Å². The molecule has 0 N–H and O–H groups in total. The lowest BCUT2D eigenvalue weighted by Crippen LogP contribution is -2.42. The van der Waals surface area contributed by atoms with E-state index in [4.69, 9.17) is 18.9 Å². The van der Waals surface area contributed by atoms with Crippen LogP contribution in [-0.2, 0) is 19.0 Å². The van der Waals surface area contributed by atoms with E-state index >= 15 is 0 Å². The molecule has 0 bridgehead atoms. The van der Waals surface area contributed by atoms with Gasteiger partial charge in [0.05, 0.1) is 19.3 Å². The molecule has 1 aliphatic rings. The normalized spacial score (nSPS) is 27.3. The number of methoxy groups -OCH3 is 1. The Morgan fingerprint density at radius 1 is 1.27 bits per heavy atom. The molecule has 0 aromatic heterocycles. The Balaban J connectivity index is 2.18. The molecule has 144 valence electrons. The number of carbonyl (C=O) groups excluding carboxylic acids is 1. The predicted molar refractivity (Wildman–Crippen MR) is 99.9 cm³/mol. The van der Waals surface area contributed by atoms with E-state index in [-0.39, 0.29) is 30.2 Å². The number of esters is 1. The molecule has 0 spiro atoms. The number of benzene rings is 1. The van der Waals surface area contributed by atoms with Crippen LogP contribution in [-0.4, -0.2) is 31.4 Å². The summed E-state index contributed by atoms with van der Waals surface area (Å²) in [5.41, 5.74) is 0.942. The van der Waals surface area contributed by atoms with Crippen molar-refractivity contribution in [2.75, 3.05) is 7.11 Å². The van der Waals surface area contributed by atoms with Gasteiger partial charge in [-0.15, -0.1) is 0 Å². The number of allylic oxidation sites excluding steroid dienone is 1. The first kappa shape index (κ1) is 20.5. The Labute approximate surface area is 156 Å². The fourth-order valence-electron chi connectivity index (χ4n) is 3.18. The Kier molecular flexibility index (Phi) is 7.66. The minimum atomic E-state index is -0.460. The molecule has 5 heteroatoms. The second-order valence-electron chi connectivity index (χ2n) is 6.64. The van der Waals surface area contributed by atoms with Crippen molar-refractivity contribution < 1.29 is 23.7 Å². The van der Waals surface area contributed by atoms with Gasteiger partial charge in [-0.25, -0.2) is 0 Å². The van der Waals surface area contributed by atoms with Crippen LogP contribution in [0, 0.1) is 5.92 Å². The van der Waals surface area contributed by atoms with E-state index in [9.17, 15) is 4.79 Å². The van der Waals surface area contributed by atoms with Crippen LogP contribution < -0.4 is 4.74 Å². The summed E-state index contributed by atoms with van der Waals surface area (Å²) in [7, 11) is 1.64. The molecule has 1 fully saturated rings. The van der Waals surface area contributed by atoms with Gasteiger partial charge in [-0.2, -0.15) is 0 Å². The van der Waals surface area contributed by atoms with E-state index in [1.165, 1.54) is 6.92 Å². The third-order valence-electron chi connectivity index (χ3n) is 4.74. The Morgan fingerprint density at radius 2 is 1.96 bits per heavy atom. The number of hydrogen-bond acceptors (Lipinski definition) is 5. The van der Waals surface area contributed by atoms with Crippen molar-refractivity contribution in [1.29, 1.82) is 0 Å². The summed E-state index contributed by atoms with van der Waals surface area (Å²) < 4.78 is 23.1. The zero-order valence-corrected chi connectivity index (χ0v) is 16.3. The van der Waals surface area contributed by atoms with Gasteiger partial charge in [0.2, 0.25) is 0 Å². The summed E-state index contributed by atoms with van der Waals surface area (Å²) in [4.78, 5) is 11.3. The third-order valence-corrected chi connectivity index (χ3v) is 4.74. The smallest absolute Gasteiger partial charge is 0.302 e. The summed E-state index contributed by atoms with van der Waals surface area (Å²) in [6.45, 7) is 7.55. The van der Waals surface area contributed by atoms with Crippen molar-refractivity contribution in [2.24, 2.45) is 5.92 Å². The topological polar surface area (TPSA) is 54.0 Å². The van der Waals surface area contributed by atoms with Gasteiger partial charge in [0.25, 0.3) is 0 Å². The fraction of sp³-hybridized carbons (Fsp3) is 0.571. The molecule has 5 nitrogen and oxygen atoms in total. The molecule has 1 aromatic carbocycles. The van der Waals surface area contributed by atoms with Crippen molar-refractivity contribution in [1.82, 2.24) is 0 Å². The van der Waals surface area contributed by atoms with Crippen LogP contribution in [0.3, 0.4) is 0 Å². The molecule has 26 heavy (non-hydrogen) atoms. The molecule has 1 aromatic rings. The van der Waals surface area contributed by atoms with Crippen molar-refractivity contribution in [3.63, 3.8) is 0 Å². The van der Waals surface area contributed by atoms with Crippen molar-refractivity contribution >= 4 is 5.97 Å². The highest BCUT2D eigenvalue weighted by molar-refractivity contribution is 5.66. The molecule has 0 saturated carbocycles. The second-order valence-corrected chi connectivity index (χ2v) is 6.64. The van der Waals surface area contributed by atoms with Crippen LogP contribution in [0.4, 0.5) is 0 Å². The zero-order chi connectivity index (χ0) is 19.1. The molecule has 5 atom stereocenters. The average Bonchev–Trinajstić information content (AvgIpc) is 2.64. The van der Waals surface area contributed by atoms with Crippen LogP contribution in [0.1, 0.15) is 52.4 Å². The predicted octanol–water partition coefficient (Wildman–Crippen LogP) is 4.42. The van der Waals surface area contributed by atoms with E-state index in [0.29, 0.717) is 6.42 Å². The van der Waals surface area contributed by atoms with Crippen molar-refractivity contribution in [3.05, 3.63) is 42.0 Å². The molecule has 1 heterocycles. The van der Waals surface area contributed by atoms with Crippen molar-refractivity contribution in [3.8, 4) is 5.75 Å². The Hall–Kier alpha value is -1.85. The minimum Gasteiger partial charge on any atom is -0.497 e. The second kappa shape index (κ2) is 9.74. The van der Waals surface area contributed by atoms with Gasteiger partial charge >= 0.3 is 5.97 Å². The van der Waals surface area contributed by atoms with E-state index < -0.39 is 6.29 Å². The summed E-state index contributed by atoms with van der Waals surface area (Å²) in [6.07, 6.45) is 4.73. The first-order chi connectivity index (χ1) is 12.5. The summed E-state index contributed by atoms with van der Waals surface area (Å²) in [5, 5.41) is 0. The van der Waals surface area contributed by atoms with Gasteiger partial charge < -0.3 is 18.9 Å². The Bertz CT molecular complexity index is 595. The van der Waals surface area contributed by atoms with Gasteiger partial charge in [-0.1, -0.05) is 38.1 Å². The number of rotatable bonds is 7. The van der Waals surface area contributed by atoms with Gasteiger partial charge in [-0.3, -0.25) is 4.79 Å². The van der Waals surface area contributed by atoms with E-state index in [1.807, 2.05) is 44.2 Å². The van der Waals surface area contributed by atoms with Crippen molar-refractivity contribution in [2.45, 2.75) is 65.1 Å². The number of hydrogen-bond donors (Lipinski definition) is 0. The molecule has 2 unspecified atom stereocenters. The van der Waals surface area contributed by atoms with Gasteiger partial charge in [0, 0.05) is 24.8 Å². The monoisotopic (exact) mass is 362 g/mol. The maximum Gasteiger partial charge on any atom is 0.302 e. The largest absolute Gasteiger partial charge is 0.497 e. The van der Waals surface area contributed by atoms with Gasteiger partial charge in [0.1, 0.15) is 11.9 Å². The molecule has 0 amide bonds.